The maximum atomic E-state index is 13.0. The number of amides is 1. The standard InChI is InChI=1S/C25H33N3O/c1-4-5-15-28-16-7-8-19(2)24(25(28)29)27-17-20(3)21-10-12-22(13-11-21)23-9-6-14-26-18-23/h9-13,17-19H,4-8,14-16H2,1-3H3/b20-17+,27-24?. The Kier molecular flexibility index (Phi) is 7.56. The fourth-order valence-corrected chi connectivity index (χ4v) is 3.81. The van der Waals surface area contributed by atoms with Gasteiger partial charge in [0.05, 0.1) is 0 Å². The molecule has 2 aliphatic heterocycles. The van der Waals surface area contributed by atoms with Crippen molar-refractivity contribution in [3.8, 4) is 0 Å². The summed E-state index contributed by atoms with van der Waals surface area (Å²) in [7, 11) is 0. The van der Waals surface area contributed by atoms with Crippen molar-refractivity contribution in [1.29, 1.82) is 0 Å². The molecule has 1 saturated heterocycles. The normalized spacial score (nSPS) is 22.0. The predicted molar refractivity (Wildman–Crippen MR) is 123 cm³/mol. The predicted octanol–water partition coefficient (Wildman–Crippen LogP) is 5.40. The summed E-state index contributed by atoms with van der Waals surface area (Å²) < 4.78 is 0. The van der Waals surface area contributed by atoms with Gasteiger partial charge in [-0.3, -0.25) is 14.8 Å². The molecule has 1 fully saturated rings. The van der Waals surface area contributed by atoms with E-state index in [4.69, 9.17) is 0 Å². The molecule has 1 aromatic carbocycles. The highest BCUT2D eigenvalue weighted by molar-refractivity contribution is 6.39. The van der Waals surface area contributed by atoms with Crippen molar-refractivity contribution in [3.05, 3.63) is 47.7 Å². The van der Waals surface area contributed by atoms with Gasteiger partial charge in [-0.05, 0) is 54.9 Å². The van der Waals surface area contributed by atoms with E-state index in [1.807, 2.05) is 17.3 Å². The molecule has 3 rings (SSSR count). The van der Waals surface area contributed by atoms with Gasteiger partial charge in [-0.2, -0.15) is 0 Å². The summed E-state index contributed by atoms with van der Waals surface area (Å²) in [5.74, 6) is 0.324. The molecule has 0 N–H and O–H groups in total. The summed E-state index contributed by atoms with van der Waals surface area (Å²) in [6.45, 7) is 8.92. The molecule has 0 aromatic heterocycles. The third-order valence-electron chi connectivity index (χ3n) is 5.74. The van der Waals surface area contributed by atoms with Gasteiger partial charge in [0.1, 0.15) is 5.71 Å². The topological polar surface area (TPSA) is 45.0 Å². The molecular formula is C25H33N3O. The van der Waals surface area contributed by atoms with Crippen LogP contribution in [0.2, 0.25) is 0 Å². The number of allylic oxidation sites excluding steroid dienone is 2. The number of unbranched alkanes of at least 4 members (excludes halogenated alkanes) is 1. The van der Waals surface area contributed by atoms with Crippen LogP contribution >= 0.6 is 0 Å². The van der Waals surface area contributed by atoms with Gasteiger partial charge in [0, 0.05) is 38.0 Å². The molecule has 1 aromatic rings. The molecule has 1 amide bonds. The molecule has 2 heterocycles. The minimum atomic E-state index is 0.117. The van der Waals surface area contributed by atoms with E-state index in [1.54, 1.807) is 0 Å². The zero-order valence-electron chi connectivity index (χ0n) is 18.0. The van der Waals surface area contributed by atoms with E-state index in [-0.39, 0.29) is 11.8 Å². The molecule has 0 aliphatic carbocycles. The first-order chi connectivity index (χ1) is 14.1. The molecular weight excluding hydrogens is 358 g/mol. The Balaban J connectivity index is 1.76. The molecule has 2 aliphatic rings. The number of dihydropyridines is 1. The van der Waals surface area contributed by atoms with Crippen LogP contribution in [0.25, 0.3) is 11.1 Å². The summed E-state index contributed by atoms with van der Waals surface area (Å²) in [5, 5.41) is 0. The molecule has 154 valence electrons. The Morgan fingerprint density at radius 2 is 2.10 bits per heavy atom. The van der Waals surface area contributed by atoms with Crippen molar-refractivity contribution in [2.75, 3.05) is 19.6 Å². The van der Waals surface area contributed by atoms with Gasteiger partial charge >= 0.3 is 0 Å². The van der Waals surface area contributed by atoms with Gasteiger partial charge in [0.15, 0.2) is 0 Å². The first-order valence-electron chi connectivity index (χ1n) is 10.9. The number of hydrogen-bond donors (Lipinski definition) is 0. The molecule has 4 heteroatoms. The fourth-order valence-electron chi connectivity index (χ4n) is 3.81. The van der Waals surface area contributed by atoms with Crippen LogP contribution in [0.4, 0.5) is 0 Å². The average molecular weight is 392 g/mol. The van der Waals surface area contributed by atoms with Crippen molar-refractivity contribution in [3.63, 3.8) is 0 Å². The Morgan fingerprint density at radius 3 is 2.79 bits per heavy atom. The second-order valence-electron chi connectivity index (χ2n) is 8.08. The number of nitrogens with zero attached hydrogens (tertiary/aromatic N) is 3. The summed E-state index contributed by atoms with van der Waals surface area (Å²) in [6, 6.07) is 8.51. The first kappa shape index (κ1) is 21.2. The molecule has 0 spiro atoms. The highest BCUT2D eigenvalue weighted by atomic mass is 16.2. The van der Waals surface area contributed by atoms with Gasteiger partial charge in [-0.1, -0.05) is 50.6 Å². The van der Waals surface area contributed by atoms with Crippen LogP contribution < -0.4 is 0 Å². The molecule has 4 nitrogen and oxygen atoms in total. The van der Waals surface area contributed by atoms with Crippen LogP contribution in [0.15, 0.2) is 46.5 Å². The molecule has 29 heavy (non-hydrogen) atoms. The summed E-state index contributed by atoms with van der Waals surface area (Å²) >= 11 is 0. The highest BCUT2D eigenvalue weighted by Crippen LogP contribution is 2.22. The van der Waals surface area contributed by atoms with Gasteiger partial charge in [0.25, 0.3) is 5.91 Å². The zero-order chi connectivity index (χ0) is 20.6. The van der Waals surface area contributed by atoms with E-state index in [9.17, 15) is 4.79 Å². The SMILES string of the molecule is CCCCN1CCCC(C)C(=N/C=C(\C)c2ccc(C3=CCCN=C3)cc2)C1=O. The van der Waals surface area contributed by atoms with E-state index < -0.39 is 0 Å². The van der Waals surface area contributed by atoms with Crippen molar-refractivity contribution in [2.24, 2.45) is 15.9 Å². The van der Waals surface area contributed by atoms with Gasteiger partial charge in [-0.15, -0.1) is 0 Å². The molecule has 0 saturated carbocycles. The molecule has 0 bridgehead atoms. The number of carbonyl (C=O) groups excluding carboxylic acids is 1. The van der Waals surface area contributed by atoms with Crippen molar-refractivity contribution in [1.82, 2.24) is 4.90 Å². The van der Waals surface area contributed by atoms with Crippen molar-refractivity contribution < 1.29 is 4.79 Å². The number of likely N-dealkylation sites (tertiary alicyclic amines) is 1. The second kappa shape index (κ2) is 10.3. The molecule has 1 unspecified atom stereocenters. The smallest absolute Gasteiger partial charge is 0.268 e. The second-order valence-corrected chi connectivity index (χ2v) is 8.08. The van der Waals surface area contributed by atoms with E-state index in [2.05, 4.69) is 61.1 Å². The summed E-state index contributed by atoms with van der Waals surface area (Å²) in [6.07, 6.45) is 11.3. The number of hydrogen-bond acceptors (Lipinski definition) is 3. The zero-order valence-corrected chi connectivity index (χ0v) is 18.0. The van der Waals surface area contributed by atoms with Gasteiger partial charge in [0.2, 0.25) is 0 Å². The van der Waals surface area contributed by atoms with Crippen LogP contribution in [0.1, 0.15) is 64.0 Å². The Labute approximate surface area is 175 Å². The van der Waals surface area contributed by atoms with E-state index in [0.29, 0.717) is 5.71 Å². The lowest BCUT2D eigenvalue weighted by atomic mass is 10.00. The van der Waals surface area contributed by atoms with Crippen LogP contribution in [-0.4, -0.2) is 42.4 Å². The highest BCUT2D eigenvalue weighted by Gasteiger charge is 2.27. The fraction of sp³-hybridized carbons (Fsp3) is 0.480. The maximum Gasteiger partial charge on any atom is 0.268 e. The van der Waals surface area contributed by atoms with E-state index in [1.165, 1.54) is 11.1 Å². The maximum absolute atomic E-state index is 13.0. The Morgan fingerprint density at radius 1 is 1.31 bits per heavy atom. The minimum absolute atomic E-state index is 0.117. The van der Waals surface area contributed by atoms with Crippen LogP contribution in [0.3, 0.4) is 0 Å². The number of carbonyl (C=O) groups is 1. The van der Waals surface area contributed by atoms with Crippen LogP contribution in [0.5, 0.6) is 0 Å². The van der Waals surface area contributed by atoms with E-state index >= 15 is 0 Å². The van der Waals surface area contributed by atoms with Gasteiger partial charge < -0.3 is 4.90 Å². The summed E-state index contributed by atoms with van der Waals surface area (Å²) in [5.41, 5.74) is 5.28. The molecule has 0 radical (unpaired) electrons. The first-order valence-corrected chi connectivity index (χ1v) is 10.9. The Bertz CT molecular complexity index is 828. The number of aliphatic imine (C=N–C) groups is 2. The molecule has 1 atom stereocenters. The monoisotopic (exact) mass is 391 g/mol. The van der Waals surface area contributed by atoms with Crippen LogP contribution in [0, 0.1) is 5.92 Å². The van der Waals surface area contributed by atoms with E-state index in [0.717, 1.165) is 62.9 Å². The lowest BCUT2D eigenvalue weighted by molar-refractivity contribution is -0.124. The minimum Gasteiger partial charge on any atom is -0.338 e. The van der Waals surface area contributed by atoms with Crippen molar-refractivity contribution in [2.45, 2.75) is 52.9 Å². The quantitative estimate of drug-likeness (QED) is 0.640. The lowest BCUT2D eigenvalue weighted by Gasteiger charge is -2.20. The summed E-state index contributed by atoms with van der Waals surface area (Å²) in [4.78, 5) is 24.0. The average Bonchev–Trinajstić information content (AvgIpc) is 2.89. The largest absolute Gasteiger partial charge is 0.338 e. The third-order valence-corrected chi connectivity index (χ3v) is 5.74. The van der Waals surface area contributed by atoms with Crippen LogP contribution in [-0.2, 0) is 4.79 Å². The third kappa shape index (κ3) is 5.53. The lowest BCUT2D eigenvalue weighted by Crippen LogP contribution is -2.37. The van der Waals surface area contributed by atoms with Crippen molar-refractivity contribution >= 4 is 29.0 Å². The van der Waals surface area contributed by atoms with Gasteiger partial charge in [-0.25, -0.2) is 0 Å². The number of rotatable bonds is 6. The number of benzene rings is 1. The Hall–Kier alpha value is -2.49.